The summed E-state index contributed by atoms with van der Waals surface area (Å²) in [6.45, 7) is 5.10. The second kappa shape index (κ2) is 2.67. The van der Waals surface area contributed by atoms with Gasteiger partial charge in [-0.25, -0.2) is 0 Å². The Morgan fingerprint density at radius 1 is 1.54 bits per heavy atom. The molecule has 0 aliphatic carbocycles. The highest BCUT2D eigenvalue weighted by Gasteiger charge is 2.37. The molecule has 0 unspecified atom stereocenters. The van der Waals surface area contributed by atoms with E-state index < -0.39 is 5.60 Å². The summed E-state index contributed by atoms with van der Waals surface area (Å²) in [5, 5.41) is 17.4. The van der Waals surface area contributed by atoms with Crippen LogP contribution in [-0.4, -0.2) is 34.0 Å². The van der Waals surface area contributed by atoms with Crippen molar-refractivity contribution in [3.8, 4) is 0 Å². The molecule has 1 aromatic heterocycles. The lowest BCUT2D eigenvalue weighted by Gasteiger charge is -2.44. The maximum atomic E-state index is 9.52. The third-order valence-electron chi connectivity index (χ3n) is 2.17. The first-order chi connectivity index (χ1) is 6.07. The molecule has 1 aliphatic rings. The van der Waals surface area contributed by atoms with Crippen molar-refractivity contribution in [2.45, 2.75) is 19.4 Å². The van der Waals surface area contributed by atoms with Crippen LogP contribution in [0.5, 0.6) is 0 Å². The van der Waals surface area contributed by atoms with Crippen LogP contribution in [0.1, 0.15) is 12.5 Å². The molecule has 70 valence electrons. The summed E-state index contributed by atoms with van der Waals surface area (Å²) >= 11 is 0. The Hall–Kier alpha value is -1.16. The van der Waals surface area contributed by atoms with Crippen LogP contribution in [0, 0.1) is 6.92 Å². The average Bonchev–Trinajstić information content (AvgIpc) is 2.00. The lowest BCUT2D eigenvalue weighted by molar-refractivity contribution is 0.0304. The van der Waals surface area contributed by atoms with Gasteiger partial charge in [0.05, 0.1) is 11.8 Å². The number of anilines is 1. The van der Waals surface area contributed by atoms with Crippen LogP contribution in [0.15, 0.2) is 12.3 Å². The molecule has 4 nitrogen and oxygen atoms in total. The molecule has 0 amide bonds. The summed E-state index contributed by atoms with van der Waals surface area (Å²) in [5.41, 5.74) is 0.544. The van der Waals surface area contributed by atoms with E-state index in [1.54, 1.807) is 6.20 Å². The molecule has 0 atom stereocenters. The Balaban J connectivity index is 2.11. The Kier molecular flexibility index (Phi) is 1.73. The first kappa shape index (κ1) is 8.44. The Morgan fingerprint density at radius 2 is 2.23 bits per heavy atom. The normalized spacial score (nSPS) is 19.8. The number of nitrogens with zero attached hydrogens (tertiary/aromatic N) is 3. The van der Waals surface area contributed by atoms with Gasteiger partial charge in [0.1, 0.15) is 0 Å². The van der Waals surface area contributed by atoms with Gasteiger partial charge >= 0.3 is 0 Å². The minimum atomic E-state index is -0.550. The molecule has 4 heteroatoms. The minimum Gasteiger partial charge on any atom is -0.386 e. The summed E-state index contributed by atoms with van der Waals surface area (Å²) in [5.74, 6) is 0.853. The van der Waals surface area contributed by atoms with Crippen LogP contribution in [0.4, 0.5) is 5.82 Å². The quantitative estimate of drug-likeness (QED) is 0.676. The predicted octanol–water partition coefficient (Wildman–Crippen LogP) is 0.356. The Morgan fingerprint density at radius 3 is 2.77 bits per heavy atom. The minimum absolute atomic E-state index is 0.550. The summed E-state index contributed by atoms with van der Waals surface area (Å²) < 4.78 is 0. The molecule has 1 fully saturated rings. The van der Waals surface area contributed by atoms with Gasteiger partial charge in [-0.2, -0.15) is 5.10 Å². The van der Waals surface area contributed by atoms with Gasteiger partial charge in [0.15, 0.2) is 5.82 Å². The van der Waals surface area contributed by atoms with E-state index in [1.807, 2.05) is 24.8 Å². The van der Waals surface area contributed by atoms with Crippen molar-refractivity contribution in [1.29, 1.82) is 0 Å². The second-order valence-electron chi connectivity index (χ2n) is 3.94. The monoisotopic (exact) mass is 179 g/mol. The second-order valence-corrected chi connectivity index (χ2v) is 3.94. The van der Waals surface area contributed by atoms with E-state index in [0.29, 0.717) is 13.1 Å². The molecule has 1 aromatic rings. The predicted molar refractivity (Wildman–Crippen MR) is 49.6 cm³/mol. The highest BCUT2D eigenvalue weighted by molar-refractivity contribution is 5.43. The molecule has 0 saturated carbocycles. The topological polar surface area (TPSA) is 49.2 Å². The third-order valence-corrected chi connectivity index (χ3v) is 2.17. The number of aromatic nitrogens is 2. The molecule has 2 rings (SSSR count). The molecule has 1 N–H and O–H groups in total. The highest BCUT2D eigenvalue weighted by atomic mass is 16.3. The van der Waals surface area contributed by atoms with Crippen molar-refractivity contribution in [1.82, 2.24) is 10.2 Å². The molecule has 13 heavy (non-hydrogen) atoms. The third kappa shape index (κ3) is 1.62. The molecule has 0 bridgehead atoms. The first-order valence-corrected chi connectivity index (χ1v) is 4.33. The standard InChI is InChI=1S/C9H13N3O/c1-7-3-8(11-10-4-7)12-5-9(2,13)6-12/h3-4,13H,5-6H2,1-2H3. The van der Waals surface area contributed by atoms with E-state index in [0.717, 1.165) is 11.4 Å². The van der Waals surface area contributed by atoms with Crippen molar-refractivity contribution >= 4 is 5.82 Å². The molecular weight excluding hydrogens is 166 g/mol. The number of aryl methyl sites for hydroxylation is 1. The number of rotatable bonds is 1. The van der Waals surface area contributed by atoms with E-state index in [9.17, 15) is 5.11 Å². The van der Waals surface area contributed by atoms with Gasteiger partial charge in [0.25, 0.3) is 0 Å². The maximum Gasteiger partial charge on any atom is 0.151 e. The maximum absolute atomic E-state index is 9.52. The zero-order valence-electron chi connectivity index (χ0n) is 7.86. The molecular formula is C9H13N3O. The van der Waals surface area contributed by atoms with Gasteiger partial charge in [-0.1, -0.05) is 0 Å². The van der Waals surface area contributed by atoms with Crippen LogP contribution in [0.2, 0.25) is 0 Å². The highest BCUT2D eigenvalue weighted by Crippen LogP contribution is 2.25. The van der Waals surface area contributed by atoms with Crippen molar-refractivity contribution in [3.63, 3.8) is 0 Å². The van der Waals surface area contributed by atoms with Crippen molar-refractivity contribution in [3.05, 3.63) is 17.8 Å². The zero-order chi connectivity index (χ0) is 9.47. The lowest BCUT2D eigenvalue weighted by atomic mass is 9.97. The van der Waals surface area contributed by atoms with Crippen LogP contribution in [-0.2, 0) is 0 Å². The lowest BCUT2D eigenvalue weighted by Crippen LogP contribution is -2.60. The summed E-state index contributed by atoms with van der Waals surface area (Å²) in [6, 6.07) is 1.97. The SMILES string of the molecule is Cc1cnnc(N2CC(C)(O)C2)c1. The Bertz CT molecular complexity index is 316. The van der Waals surface area contributed by atoms with E-state index in [4.69, 9.17) is 0 Å². The van der Waals surface area contributed by atoms with E-state index >= 15 is 0 Å². The van der Waals surface area contributed by atoms with E-state index in [-0.39, 0.29) is 0 Å². The number of β-amino-alcohol motifs (C(OH)–C–C–N with tert-alkyl or cyclic N) is 1. The fraction of sp³-hybridized carbons (Fsp3) is 0.556. The smallest absolute Gasteiger partial charge is 0.151 e. The fourth-order valence-corrected chi connectivity index (χ4v) is 1.54. The fourth-order valence-electron chi connectivity index (χ4n) is 1.54. The van der Waals surface area contributed by atoms with Crippen molar-refractivity contribution in [2.24, 2.45) is 0 Å². The van der Waals surface area contributed by atoms with Gasteiger partial charge in [-0.05, 0) is 25.5 Å². The molecule has 0 aromatic carbocycles. The van der Waals surface area contributed by atoms with Crippen LogP contribution in [0.3, 0.4) is 0 Å². The zero-order valence-corrected chi connectivity index (χ0v) is 7.86. The van der Waals surface area contributed by atoms with Crippen LogP contribution in [0.25, 0.3) is 0 Å². The summed E-state index contributed by atoms with van der Waals surface area (Å²) in [7, 11) is 0. The van der Waals surface area contributed by atoms with Crippen LogP contribution >= 0.6 is 0 Å². The largest absolute Gasteiger partial charge is 0.386 e. The molecule has 1 aliphatic heterocycles. The van der Waals surface area contributed by atoms with Crippen LogP contribution < -0.4 is 4.90 Å². The van der Waals surface area contributed by atoms with Gasteiger partial charge < -0.3 is 10.0 Å². The van der Waals surface area contributed by atoms with E-state index in [2.05, 4.69) is 10.2 Å². The van der Waals surface area contributed by atoms with E-state index in [1.165, 1.54) is 0 Å². The number of hydrogen-bond donors (Lipinski definition) is 1. The summed E-state index contributed by atoms with van der Waals surface area (Å²) in [4.78, 5) is 2.01. The average molecular weight is 179 g/mol. The number of aliphatic hydroxyl groups is 1. The van der Waals surface area contributed by atoms with Crippen molar-refractivity contribution < 1.29 is 5.11 Å². The molecule has 0 radical (unpaired) electrons. The number of hydrogen-bond acceptors (Lipinski definition) is 4. The Labute approximate surface area is 77.2 Å². The molecule has 0 spiro atoms. The molecule has 2 heterocycles. The van der Waals surface area contributed by atoms with Gasteiger partial charge in [-0.15, -0.1) is 5.10 Å². The van der Waals surface area contributed by atoms with Gasteiger partial charge in [0, 0.05) is 13.1 Å². The van der Waals surface area contributed by atoms with Gasteiger partial charge in [0.2, 0.25) is 0 Å². The van der Waals surface area contributed by atoms with Gasteiger partial charge in [-0.3, -0.25) is 0 Å². The van der Waals surface area contributed by atoms with Crippen molar-refractivity contribution in [2.75, 3.05) is 18.0 Å². The first-order valence-electron chi connectivity index (χ1n) is 4.33. The molecule has 1 saturated heterocycles. The summed E-state index contributed by atoms with van der Waals surface area (Å²) in [6.07, 6.45) is 1.72.